The zero-order chi connectivity index (χ0) is 14.5. The maximum atomic E-state index is 12.1. The van der Waals surface area contributed by atoms with Crippen LogP contribution in [-0.2, 0) is 0 Å². The van der Waals surface area contributed by atoms with Gasteiger partial charge in [0.15, 0.2) is 0 Å². The van der Waals surface area contributed by atoms with E-state index in [1.54, 1.807) is 0 Å². The Morgan fingerprint density at radius 2 is 2.20 bits per heavy atom. The van der Waals surface area contributed by atoms with E-state index >= 15 is 0 Å². The van der Waals surface area contributed by atoms with E-state index in [2.05, 4.69) is 10.3 Å². The van der Waals surface area contributed by atoms with Crippen molar-refractivity contribution in [1.29, 1.82) is 0 Å². The normalized spacial score (nSPS) is 17.6. The molecular formula is C13H20N4O3. The number of carbonyl (C=O) groups is 1. The lowest BCUT2D eigenvalue weighted by molar-refractivity contribution is -0.384. The largest absolute Gasteiger partial charge is 0.351 e. The molecule has 7 heteroatoms. The Balaban J connectivity index is 1.98. The molecule has 0 saturated heterocycles. The molecule has 1 aliphatic carbocycles. The summed E-state index contributed by atoms with van der Waals surface area (Å²) in [7, 11) is 0. The first-order valence-electron chi connectivity index (χ1n) is 6.95. The maximum Gasteiger partial charge on any atom is 0.287 e. The molecule has 0 aliphatic heterocycles. The van der Waals surface area contributed by atoms with Crippen LogP contribution in [0, 0.1) is 16.0 Å². The van der Waals surface area contributed by atoms with Crippen molar-refractivity contribution in [1.82, 2.24) is 10.3 Å². The number of rotatable bonds is 5. The highest BCUT2D eigenvalue weighted by Gasteiger charge is 2.25. The first kappa shape index (κ1) is 14.5. The SMILES string of the molecule is NCC(NC(=O)c1cc([N+](=O)[O-])c[nH]1)C1CCCCC1. The molecular weight excluding hydrogens is 260 g/mol. The summed E-state index contributed by atoms with van der Waals surface area (Å²) in [5.41, 5.74) is 5.84. The van der Waals surface area contributed by atoms with Gasteiger partial charge in [0.05, 0.1) is 11.1 Å². The molecule has 1 atom stereocenters. The van der Waals surface area contributed by atoms with Gasteiger partial charge in [0.1, 0.15) is 5.69 Å². The first-order valence-corrected chi connectivity index (χ1v) is 6.95. The van der Waals surface area contributed by atoms with Gasteiger partial charge in [0, 0.05) is 18.7 Å². The van der Waals surface area contributed by atoms with Gasteiger partial charge in [0.2, 0.25) is 0 Å². The minimum atomic E-state index is -0.533. The number of nitro groups is 1. The molecule has 1 saturated carbocycles. The quantitative estimate of drug-likeness (QED) is 0.561. The van der Waals surface area contributed by atoms with E-state index in [1.807, 2.05) is 0 Å². The number of carbonyl (C=O) groups excluding carboxylic acids is 1. The Hall–Kier alpha value is -1.89. The molecule has 0 radical (unpaired) electrons. The zero-order valence-electron chi connectivity index (χ0n) is 11.3. The lowest BCUT2D eigenvalue weighted by Gasteiger charge is -2.29. The van der Waals surface area contributed by atoms with E-state index in [9.17, 15) is 14.9 Å². The van der Waals surface area contributed by atoms with Gasteiger partial charge in [-0.05, 0) is 18.8 Å². The second-order valence-electron chi connectivity index (χ2n) is 5.24. The molecule has 4 N–H and O–H groups in total. The summed E-state index contributed by atoms with van der Waals surface area (Å²) in [6, 6.07) is 1.18. The summed E-state index contributed by atoms with van der Waals surface area (Å²) in [4.78, 5) is 24.8. The van der Waals surface area contributed by atoms with Crippen molar-refractivity contribution < 1.29 is 9.72 Å². The van der Waals surface area contributed by atoms with Crippen LogP contribution in [0.2, 0.25) is 0 Å². The van der Waals surface area contributed by atoms with E-state index in [1.165, 1.54) is 31.5 Å². The summed E-state index contributed by atoms with van der Waals surface area (Å²) in [5, 5.41) is 13.5. The molecule has 1 aromatic rings. The van der Waals surface area contributed by atoms with E-state index < -0.39 is 4.92 Å². The van der Waals surface area contributed by atoms with E-state index in [0.717, 1.165) is 12.8 Å². The highest BCUT2D eigenvalue weighted by molar-refractivity contribution is 5.93. The van der Waals surface area contributed by atoms with Crippen molar-refractivity contribution in [2.24, 2.45) is 11.7 Å². The van der Waals surface area contributed by atoms with Gasteiger partial charge >= 0.3 is 0 Å². The third-order valence-electron chi connectivity index (χ3n) is 3.91. The molecule has 110 valence electrons. The van der Waals surface area contributed by atoms with Crippen molar-refractivity contribution in [3.05, 3.63) is 28.1 Å². The lowest BCUT2D eigenvalue weighted by atomic mass is 9.84. The predicted molar refractivity (Wildman–Crippen MR) is 74.3 cm³/mol. The van der Waals surface area contributed by atoms with Gasteiger partial charge in [-0.1, -0.05) is 19.3 Å². The highest BCUT2D eigenvalue weighted by atomic mass is 16.6. The fourth-order valence-electron chi connectivity index (χ4n) is 2.77. The van der Waals surface area contributed by atoms with Crippen LogP contribution in [0.3, 0.4) is 0 Å². The van der Waals surface area contributed by atoms with Crippen LogP contribution >= 0.6 is 0 Å². The Labute approximate surface area is 117 Å². The van der Waals surface area contributed by atoms with Gasteiger partial charge in [0.25, 0.3) is 11.6 Å². The van der Waals surface area contributed by atoms with Gasteiger partial charge in [-0.15, -0.1) is 0 Å². The summed E-state index contributed by atoms with van der Waals surface area (Å²) in [6.45, 7) is 0.388. The van der Waals surface area contributed by atoms with Crippen LogP contribution < -0.4 is 11.1 Å². The molecule has 0 aromatic carbocycles. The number of hydrogen-bond donors (Lipinski definition) is 3. The molecule has 0 spiro atoms. The van der Waals surface area contributed by atoms with Crippen molar-refractivity contribution in [2.45, 2.75) is 38.1 Å². The Morgan fingerprint density at radius 1 is 1.50 bits per heavy atom. The minimum absolute atomic E-state index is 0.0647. The monoisotopic (exact) mass is 280 g/mol. The van der Waals surface area contributed by atoms with E-state index in [0.29, 0.717) is 12.5 Å². The number of amides is 1. The third-order valence-corrected chi connectivity index (χ3v) is 3.91. The molecule has 1 amide bonds. The Bertz CT molecular complexity index is 480. The summed E-state index contributed by atoms with van der Waals surface area (Å²) < 4.78 is 0. The van der Waals surface area contributed by atoms with Crippen LogP contribution in [0.1, 0.15) is 42.6 Å². The van der Waals surface area contributed by atoms with Gasteiger partial charge in [-0.3, -0.25) is 14.9 Å². The van der Waals surface area contributed by atoms with Crippen molar-refractivity contribution >= 4 is 11.6 Å². The van der Waals surface area contributed by atoms with Gasteiger partial charge in [-0.25, -0.2) is 0 Å². The van der Waals surface area contributed by atoms with Crippen molar-refractivity contribution in [3.63, 3.8) is 0 Å². The van der Waals surface area contributed by atoms with Gasteiger partial charge in [-0.2, -0.15) is 0 Å². The van der Waals surface area contributed by atoms with Crippen LogP contribution in [0.15, 0.2) is 12.3 Å². The topological polar surface area (TPSA) is 114 Å². The minimum Gasteiger partial charge on any atom is -0.351 e. The molecule has 1 unspecified atom stereocenters. The van der Waals surface area contributed by atoms with Crippen LogP contribution in [0.5, 0.6) is 0 Å². The molecule has 1 fully saturated rings. The second-order valence-corrected chi connectivity index (χ2v) is 5.24. The fraction of sp³-hybridized carbons (Fsp3) is 0.615. The molecule has 0 bridgehead atoms. The Morgan fingerprint density at radius 3 is 2.75 bits per heavy atom. The van der Waals surface area contributed by atoms with Crippen LogP contribution in [0.25, 0.3) is 0 Å². The van der Waals surface area contributed by atoms with Crippen molar-refractivity contribution in [2.75, 3.05) is 6.54 Å². The molecule has 20 heavy (non-hydrogen) atoms. The molecule has 1 aliphatic rings. The summed E-state index contributed by atoms with van der Waals surface area (Å²) in [5.74, 6) is 0.0711. The lowest BCUT2D eigenvalue weighted by Crippen LogP contribution is -2.46. The zero-order valence-corrected chi connectivity index (χ0v) is 11.3. The number of H-pyrrole nitrogens is 1. The smallest absolute Gasteiger partial charge is 0.287 e. The second kappa shape index (κ2) is 6.51. The van der Waals surface area contributed by atoms with Gasteiger partial charge < -0.3 is 16.0 Å². The number of hydrogen-bond acceptors (Lipinski definition) is 4. The van der Waals surface area contributed by atoms with E-state index in [-0.39, 0.29) is 23.3 Å². The molecule has 7 nitrogen and oxygen atoms in total. The average Bonchev–Trinajstić information content (AvgIpc) is 2.95. The molecule has 2 rings (SSSR count). The Kier molecular flexibility index (Phi) is 4.73. The molecule has 1 heterocycles. The predicted octanol–water partition coefficient (Wildman–Crippen LogP) is 1.56. The molecule has 1 aromatic heterocycles. The summed E-state index contributed by atoms with van der Waals surface area (Å²) in [6.07, 6.45) is 6.95. The first-order chi connectivity index (χ1) is 9.61. The third kappa shape index (κ3) is 3.36. The number of nitrogens with zero attached hydrogens (tertiary/aromatic N) is 1. The maximum absolute atomic E-state index is 12.1. The number of aromatic amines is 1. The van der Waals surface area contributed by atoms with Crippen LogP contribution in [-0.4, -0.2) is 28.4 Å². The number of aromatic nitrogens is 1. The van der Waals surface area contributed by atoms with Crippen molar-refractivity contribution in [3.8, 4) is 0 Å². The number of nitrogens with one attached hydrogen (secondary N) is 2. The fourth-order valence-corrected chi connectivity index (χ4v) is 2.77. The average molecular weight is 280 g/mol. The van der Waals surface area contributed by atoms with E-state index in [4.69, 9.17) is 5.73 Å². The number of nitrogens with two attached hydrogens (primary N) is 1. The standard InChI is InChI=1S/C13H20N4O3/c14-7-12(9-4-2-1-3-5-9)16-13(18)11-6-10(8-15-11)17(19)20/h6,8-9,12,15H,1-5,7,14H2,(H,16,18). The summed E-state index contributed by atoms with van der Waals surface area (Å²) >= 11 is 0. The highest BCUT2D eigenvalue weighted by Crippen LogP contribution is 2.26. The van der Waals surface area contributed by atoms with Crippen LogP contribution in [0.4, 0.5) is 5.69 Å².